The molecule has 0 aromatic carbocycles. The van der Waals surface area contributed by atoms with Crippen molar-refractivity contribution < 1.29 is 14.7 Å². The van der Waals surface area contributed by atoms with Crippen LogP contribution in [0.2, 0.25) is 15.1 Å². The number of nitrogens with zero attached hydrogens (tertiary/aromatic N) is 2. The molecule has 0 saturated carbocycles. The van der Waals surface area contributed by atoms with E-state index in [1.54, 1.807) is 0 Å². The van der Waals surface area contributed by atoms with Crippen LogP contribution >= 0.6 is 34.8 Å². The van der Waals surface area contributed by atoms with Crippen molar-refractivity contribution in [1.29, 1.82) is 0 Å². The molecule has 1 fully saturated rings. The summed E-state index contributed by atoms with van der Waals surface area (Å²) in [4.78, 5) is 27.9. The fraction of sp³-hybridized carbons (Fsp3) is 0.364. The van der Waals surface area contributed by atoms with Crippen molar-refractivity contribution in [1.82, 2.24) is 9.88 Å². The molecule has 19 heavy (non-hydrogen) atoms. The minimum Gasteiger partial charge on any atom is -0.481 e. The lowest BCUT2D eigenvalue weighted by Gasteiger charge is -2.38. The Morgan fingerprint density at radius 2 is 1.95 bits per heavy atom. The second kappa shape index (κ2) is 5.53. The highest BCUT2D eigenvalue weighted by atomic mass is 35.5. The normalized spacial score (nSPS) is 15.2. The molecule has 8 heteroatoms. The lowest BCUT2D eigenvalue weighted by atomic mass is 9.96. The van der Waals surface area contributed by atoms with Gasteiger partial charge in [-0.25, -0.2) is 4.98 Å². The van der Waals surface area contributed by atoms with Crippen LogP contribution in [-0.4, -0.2) is 40.0 Å². The average molecular weight is 324 g/mol. The third kappa shape index (κ3) is 2.94. The number of amides is 1. The van der Waals surface area contributed by atoms with E-state index < -0.39 is 5.97 Å². The lowest BCUT2D eigenvalue weighted by molar-refractivity contribution is -0.139. The minimum absolute atomic E-state index is 0.0147. The molecular formula is C11H9Cl3N2O3. The number of likely N-dealkylation sites (tertiary alicyclic amines) is 1. The van der Waals surface area contributed by atoms with Crippen LogP contribution in [0.1, 0.15) is 16.9 Å². The van der Waals surface area contributed by atoms with Gasteiger partial charge in [0.1, 0.15) is 5.69 Å². The molecule has 0 radical (unpaired) electrons. The minimum atomic E-state index is -0.872. The number of carbonyl (C=O) groups is 2. The molecule has 1 aromatic rings. The van der Waals surface area contributed by atoms with Gasteiger partial charge in [0, 0.05) is 25.2 Å². The number of carbonyl (C=O) groups excluding carboxylic acids is 1. The maximum absolute atomic E-state index is 12.1. The van der Waals surface area contributed by atoms with Gasteiger partial charge >= 0.3 is 5.97 Å². The first kappa shape index (κ1) is 14.4. The van der Waals surface area contributed by atoms with Gasteiger partial charge in [-0.15, -0.1) is 0 Å². The molecule has 0 spiro atoms. The number of aromatic nitrogens is 1. The average Bonchev–Trinajstić information content (AvgIpc) is 2.29. The molecule has 5 nitrogen and oxygen atoms in total. The summed E-state index contributed by atoms with van der Waals surface area (Å²) in [5.41, 5.74) is 0.0323. The first-order valence-electron chi connectivity index (χ1n) is 5.40. The van der Waals surface area contributed by atoms with E-state index in [2.05, 4.69) is 4.98 Å². The van der Waals surface area contributed by atoms with Gasteiger partial charge in [-0.05, 0) is 0 Å². The molecule has 1 saturated heterocycles. The summed E-state index contributed by atoms with van der Waals surface area (Å²) in [7, 11) is 0. The molecule has 102 valence electrons. The van der Waals surface area contributed by atoms with Crippen molar-refractivity contribution in [2.45, 2.75) is 6.42 Å². The number of hydrogen-bond acceptors (Lipinski definition) is 3. The maximum atomic E-state index is 12.1. The Kier molecular flexibility index (Phi) is 4.18. The number of carboxylic acid groups (broad SMARTS) is 1. The first-order chi connectivity index (χ1) is 8.90. The topological polar surface area (TPSA) is 70.5 Å². The van der Waals surface area contributed by atoms with Crippen LogP contribution in [0.15, 0.2) is 6.20 Å². The summed E-state index contributed by atoms with van der Waals surface area (Å²) in [6.45, 7) is 0.757. The van der Waals surface area contributed by atoms with Gasteiger partial charge in [-0.2, -0.15) is 0 Å². The molecule has 1 aliphatic heterocycles. The third-order valence-electron chi connectivity index (χ3n) is 2.83. The Bertz CT molecular complexity index is 544. The smallest absolute Gasteiger partial charge is 0.303 e. The van der Waals surface area contributed by atoms with E-state index in [1.807, 2.05) is 0 Å². The highest BCUT2D eigenvalue weighted by Gasteiger charge is 2.34. The zero-order chi connectivity index (χ0) is 14.2. The van der Waals surface area contributed by atoms with Crippen LogP contribution in [0, 0.1) is 5.92 Å². The van der Waals surface area contributed by atoms with Crippen molar-refractivity contribution in [3.8, 4) is 0 Å². The maximum Gasteiger partial charge on any atom is 0.303 e. The van der Waals surface area contributed by atoms with Crippen molar-refractivity contribution in [3.63, 3.8) is 0 Å². The Morgan fingerprint density at radius 3 is 2.53 bits per heavy atom. The third-order valence-corrected chi connectivity index (χ3v) is 4.07. The molecule has 1 aliphatic rings. The van der Waals surface area contributed by atoms with E-state index in [4.69, 9.17) is 39.9 Å². The first-order valence-corrected chi connectivity index (χ1v) is 6.54. The molecule has 2 rings (SSSR count). The van der Waals surface area contributed by atoms with E-state index in [1.165, 1.54) is 11.1 Å². The van der Waals surface area contributed by atoms with Crippen LogP contribution in [0.4, 0.5) is 0 Å². The SMILES string of the molecule is O=C(O)CC1CN(C(=O)c2ncc(Cl)c(Cl)c2Cl)C1. The van der Waals surface area contributed by atoms with Gasteiger partial charge in [0.2, 0.25) is 0 Å². The fourth-order valence-electron chi connectivity index (χ4n) is 1.85. The van der Waals surface area contributed by atoms with E-state index in [-0.39, 0.29) is 39.0 Å². The second-order valence-electron chi connectivity index (χ2n) is 4.26. The van der Waals surface area contributed by atoms with Crippen molar-refractivity contribution in [2.24, 2.45) is 5.92 Å². The van der Waals surface area contributed by atoms with Crippen LogP contribution in [0.5, 0.6) is 0 Å². The van der Waals surface area contributed by atoms with Gasteiger partial charge in [-0.3, -0.25) is 9.59 Å². The standard InChI is InChI=1S/C11H9Cl3N2O3/c12-6-2-15-10(9(14)8(6)13)11(19)16-3-5(4-16)1-7(17)18/h2,5H,1,3-4H2,(H,17,18). The van der Waals surface area contributed by atoms with Gasteiger partial charge in [0.05, 0.1) is 21.5 Å². The van der Waals surface area contributed by atoms with Crippen molar-refractivity contribution in [2.75, 3.05) is 13.1 Å². The quantitative estimate of drug-likeness (QED) is 0.928. The van der Waals surface area contributed by atoms with Gasteiger partial charge in [0.15, 0.2) is 0 Å². The monoisotopic (exact) mass is 322 g/mol. The highest BCUT2D eigenvalue weighted by Crippen LogP contribution is 2.32. The summed E-state index contributed by atoms with van der Waals surface area (Å²) in [6.07, 6.45) is 1.31. The summed E-state index contributed by atoms with van der Waals surface area (Å²) < 4.78 is 0. The Morgan fingerprint density at radius 1 is 1.32 bits per heavy atom. The van der Waals surface area contributed by atoms with E-state index in [9.17, 15) is 9.59 Å². The molecule has 0 atom stereocenters. The van der Waals surface area contributed by atoms with Crippen molar-refractivity contribution in [3.05, 3.63) is 27.0 Å². The summed E-state index contributed by atoms with van der Waals surface area (Å²) >= 11 is 17.5. The zero-order valence-electron chi connectivity index (χ0n) is 9.57. The molecule has 0 aliphatic carbocycles. The number of halogens is 3. The molecule has 1 amide bonds. The zero-order valence-corrected chi connectivity index (χ0v) is 11.8. The molecule has 1 N–H and O–H groups in total. The number of rotatable bonds is 3. The summed E-state index contributed by atoms with van der Waals surface area (Å²) in [5.74, 6) is -1.27. The van der Waals surface area contributed by atoms with Gasteiger partial charge in [0.25, 0.3) is 5.91 Å². The lowest BCUT2D eigenvalue weighted by Crippen LogP contribution is -2.50. The summed E-state index contributed by atoms with van der Waals surface area (Å²) in [5, 5.41) is 8.91. The molecule has 0 unspecified atom stereocenters. The number of aliphatic carboxylic acids is 1. The van der Waals surface area contributed by atoms with Crippen LogP contribution in [0.25, 0.3) is 0 Å². The second-order valence-corrected chi connectivity index (χ2v) is 5.42. The number of hydrogen-bond donors (Lipinski definition) is 1. The Labute approximate surface area is 124 Å². The van der Waals surface area contributed by atoms with E-state index in [0.29, 0.717) is 13.1 Å². The van der Waals surface area contributed by atoms with Crippen LogP contribution in [0.3, 0.4) is 0 Å². The number of pyridine rings is 1. The Balaban J connectivity index is 2.07. The van der Waals surface area contributed by atoms with E-state index in [0.717, 1.165) is 0 Å². The predicted molar refractivity (Wildman–Crippen MR) is 70.9 cm³/mol. The fourth-order valence-corrected chi connectivity index (χ4v) is 2.42. The molecule has 0 bridgehead atoms. The summed E-state index contributed by atoms with van der Waals surface area (Å²) in [6, 6.07) is 0. The van der Waals surface area contributed by atoms with Gasteiger partial charge in [-0.1, -0.05) is 34.8 Å². The van der Waals surface area contributed by atoms with E-state index >= 15 is 0 Å². The van der Waals surface area contributed by atoms with Crippen LogP contribution in [-0.2, 0) is 4.79 Å². The van der Waals surface area contributed by atoms with Crippen LogP contribution < -0.4 is 0 Å². The molecule has 2 heterocycles. The predicted octanol–water partition coefficient (Wildman–Crippen LogP) is 2.59. The Hall–Kier alpha value is -1.04. The van der Waals surface area contributed by atoms with Crippen molar-refractivity contribution >= 4 is 46.7 Å². The number of carboxylic acids is 1. The highest BCUT2D eigenvalue weighted by molar-refractivity contribution is 6.48. The largest absolute Gasteiger partial charge is 0.481 e. The molecular weight excluding hydrogens is 314 g/mol. The van der Waals surface area contributed by atoms with Gasteiger partial charge < -0.3 is 10.0 Å². The molecule has 1 aromatic heterocycles.